The Labute approximate surface area is 146 Å². The van der Waals surface area contributed by atoms with Crippen LogP contribution >= 0.6 is 11.6 Å². The Morgan fingerprint density at radius 2 is 1.96 bits per heavy atom. The average molecular weight is 346 g/mol. The number of nitrogens with one attached hydrogen (secondary N) is 1. The summed E-state index contributed by atoms with van der Waals surface area (Å²) in [5.41, 5.74) is 0.594. The van der Waals surface area contributed by atoms with Gasteiger partial charge in [-0.25, -0.2) is 9.78 Å². The van der Waals surface area contributed by atoms with Gasteiger partial charge in [-0.2, -0.15) is 0 Å². The van der Waals surface area contributed by atoms with Crippen LogP contribution < -0.4 is 10.2 Å². The number of hydrogen-bond donors (Lipinski definition) is 2. The minimum Gasteiger partial charge on any atom is -0.478 e. The van der Waals surface area contributed by atoms with Crippen LogP contribution in [0.4, 0.5) is 17.3 Å². The van der Waals surface area contributed by atoms with Gasteiger partial charge < -0.3 is 15.3 Å². The van der Waals surface area contributed by atoms with Crippen LogP contribution in [0.5, 0.6) is 0 Å². The highest BCUT2D eigenvalue weighted by molar-refractivity contribution is 6.31. The van der Waals surface area contributed by atoms with E-state index in [9.17, 15) is 9.90 Å². The van der Waals surface area contributed by atoms with Gasteiger partial charge in [-0.3, -0.25) is 0 Å². The fourth-order valence-electron chi connectivity index (χ4n) is 3.23. The highest BCUT2D eigenvalue weighted by Crippen LogP contribution is 2.30. The zero-order chi connectivity index (χ0) is 17.3. The van der Waals surface area contributed by atoms with Gasteiger partial charge in [-0.15, -0.1) is 0 Å². The summed E-state index contributed by atoms with van der Waals surface area (Å²) in [7, 11) is 0. The second-order valence-corrected chi connectivity index (χ2v) is 6.62. The van der Waals surface area contributed by atoms with Gasteiger partial charge in [0, 0.05) is 17.1 Å². The van der Waals surface area contributed by atoms with Crippen molar-refractivity contribution in [2.24, 2.45) is 0 Å². The molecule has 126 valence electrons. The second-order valence-electron chi connectivity index (χ2n) is 6.18. The number of carboxylic acid groups (broad SMARTS) is 1. The molecule has 1 aromatic heterocycles. The Morgan fingerprint density at radius 3 is 2.62 bits per heavy atom. The monoisotopic (exact) mass is 345 g/mol. The molecule has 1 aliphatic rings. The number of carbonyl (C=O) groups is 1. The van der Waals surface area contributed by atoms with Gasteiger partial charge in [0.25, 0.3) is 0 Å². The summed E-state index contributed by atoms with van der Waals surface area (Å²) in [6.07, 6.45) is 2.30. The quantitative estimate of drug-likeness (QED) is 0.850. The van der Waals surface area contributed by atoms with Crippen LogP contribution in [0.3, 0.4) is 0 Å². The molecule has 0 spiro atoms. The van der Waals surface area contributed by atoms with Crippen LogP contribution in [0.1, 0.15) is 37.0 Å². The maximum Gasteiger partial charge on any atom is 0.337 e. The molecule has 3 rings (SSSR count). The van der Waals surface area contributed by atoms with E-state index in [1.54, 1.807) is 12.1 Å². The molecule has 0 amide bonds. The molecule has 6 heteroatoms. The largest absolute Gasteiger partial charge is 0.478 e. The van der Waals surface area contributed by atoms with Crippen molar-refractivity contribution in [2.75, 3.05) is 10.2 Å². The Hall–Kier alpha value is -2.27. The van der Waals surface area contributed by atoms with Crippen LogP contribution in [0.2, 0.25) is 5.02 Å². The fourth-order valence-corrected chi connectivity index (χ4v) is 3.40. The first-order chi connectivity index (χ1) is 11.5. The van der Waals surface area contributed by atoms with E-state index in [-0.39, 0.29) is 5.56 Å². The summed E-state index contributed by atoms with van der Waals surface area (Å²) in [6.45, 7) is 4.40. The first kappa shape index (κ1) is 16.6. The Morgan fingerprint density at radius 1 is 1.25 bits per heavy atom. The summed E-state index contributed by atoms with van der Waals surface area (Å²) in [4.78, 5) is 18.3. The predicted octanol–water partition coefficient (Wildman–Crippen LogP) is 4.55. The summed E-state index contributed by atoms with van der Waals surface area (Å²) in [5.74, 6) is 0.493. The SMILES string of the molecule is CC1CCC(C)N1c1cccc(Nc2cc(Cl)ccc2C(=O)O)n1. The van der Waals surface area contributed by atoms with Crippen LogP contribution in [0, 0.1) is 0 Å². The minimum atomic E-state index is -1.01. The highest BCUT2D eigenvalue weighted by Gasteiger charge is 2.28. The molecular formula is C18H20ClN3O2. The van der Waals surface area contributed by atoms with E-state index in [0.717, 1.165) is 18.7 Å². The maximum atomic E-state index is 11.4. The number of hydrogen-bond acceptors (Lipinski definition) is 4. The van der Waals surface area contributed by atoms with Crippen molar-refractivity contribution in [3.8, 4) is 0 Å². The van der Waals surface area contributed by atoms with Crippen molar-refractivity contribution in [1.29, 1.82) is 0 Å². The third kappa shape index (κ3) is 3.31. The average Bonchev–Trinajstić information content (AvgIpc) is 2.86. The molecule has 2 unspecified atom stereocenters. The lowest BCUT2D eigenvalue weighted by Crippen LogP contribution is -2.33. The molecule has 1 fully saturated rings. The van der Waals surface area contributed by atoms with Crippen molar-refractivity contribution < 1.29 is 9.90 Å². The summed E-state index contributed by atoms with van der Waals surface area (Å²) in [5, 5.41) is 12.9. The molecule has 2 aromatic rings. The lowest BCUT2D eigenvalue weighted by Gasteiger charge is -2.27. The molecule has 2 atom stereocenters. The molecule has 2 N–H and O–H groups in total. The number of anilines is 3. The fraction of sp³-hybridized carbons (Fsp3) is 0.333. The normalized spacial score (nSPS) is 20.2. The third-order valence-corrected chi connectivity index (χ3v) is 4.66. The smallest absolute Gasteiger partial charge is 0.337 e. The topological polar surface area (TPSA) is 65.5 Å². The third-order valence-electron chi connectivity index (χ3n) is 4.43. The molecule has 5 nitrogen and oxygen atoms in total. The Kier molecular flexibility index (Phi) is 4.62. The van der Waals surface area contributed by atoms with Crippen LogP contribution in [0.15, 0.2) is 36.4 Å². The molecule has 1 saturated heterocycles. The van der Waals surface area contributed by atoms with Crippen molar-refractivity contribution in [2.45, 2.75) is 38.8 Å². The van der Waals surface area contributed by atoms with Gasteiger partial charge in [0.1, 0.15) is 11.6 Å². The number of pyridine rings is 1. The van der Waals surface area contributed by atoms with E-state index in [4.69, 9.17) is 11.6 Å². The zero-order valence-corrected chi connectivity index (χ0v) is 14.4. The lowest BCUT2D eigenvalue weighted by atomic mass is 10.2. The molecule has 0 bridgehead atoms. The van der Waals surface area contributed by atoms with Crippen LogP contribution in [-0.4, -0.2) is 28.1 Å². The van der Waals surface area contributed by atoms with E-state index < -0.39 is 5.97 Å². The molecule has 0 radical (unpaired) electrons. The number of aromatic carboxylic acids is 1. The van der Waals surface area contributed by atoms with Crippen molar-refractivity contribution >= 4 is 34.9 Å². The van der Waals surface area contributed by atoms with Gasteiger partial charge in [0.05, 0.1) is 11.3 Å². The first-order valence-corrected chi connectivity index (χ1v) is 8.39. The van der Waals surface area contributed by atoms with Gasteiger partial charge in [0.15, 0.2) is 0 Å². The molecule has 0 aliphatic carbocycles. The van der Waals surface area contributed by atoms with Gasteiger partial charge in [-0.1, -0.05) is 17.7 Å². The summed E-state index contributed by atoms with van der Waals surface area (Å²) >= 11 is 6.00. The Balaban J connectivity index is 1.91. The number of rotatable bonds is 4. The second kappa shape index (κ2) is 6.69. The molecule has 2 heterocycles. The van der Waals surface area contributed by atoms with Gasteiger partial charge in [0.2, 0.25) is 0 Å². The van der Waals surface area contributed by atoms with Gasteiger partial charge >= 0.3 is 5.97 Å². The number of nitrogens with zero attached hydrogens (tertiary/aromatic N) is 2. The van der Waals surface area contributed by atoms with Crippen molar-refractivity contribution in [3.63, 3.8) is 0 Å². The van der Waals surface area contributed by atoms with Crippen molar-refractivity contribution in [3.05, 3.63) is 47.0 Å². The predicted molar refractivity (Wildman–Crippen MR) is 96.6 cm³/mol. The minimum absolute atomic E-state index is 0.162. The Bertz CT molecular complexity index is 756. The lowest BCUT2D eigenvalue weighted by molar-refractivity contribution is 0.0698. The first-order valence-electron chi connectivity index (χ1n) is 8.01. The van der Waals surface area contributed by atoms with E-state index in [0.29, 0.717) is 28.6 Å². The number of aromatic nitrogens is 1. The number of benzene rings is 1. The van der Waals surface area contributed by atoms with Crippen LogP contribution in [0.25, 0.3) is 0 Å². The van der Waals surface area contributed by atoms with E-state index >= 15 is 0 Å². The maximum absolute atomic E-state index is 11.4. The molecule has 0 saturated carbocycles. The van der Waals surface area contributed by atoms with Crippen LogP contribution in [-0.2, 0) is 0 Å². The van der Waals surface area contributed by atoms with Gasteiger partial charge in [-0.05, 0) is 57.0 Å². The van der Waals surface area contributed by atoms with Crippen molar-refractivity contribution in [1.82, 2.24) is 4.98 Å². The number of carboxylic acids is 1. The summed E-state index contributed by atoms with van der Waals surface area (Å²) < 4.78 is 0. The molecule has 24 heavy (non-hydrogen) atoms. The zero-order valence-electron chi connectivity index (χ0n) is 13.7. The number of halogens is 1. The summed E-state index contributed by atoms with van der Waals surface area (Å²) in [6, 6.07) is 11.3. The van der Waals surface area contributed by atoms with E-state index in [1.807, 2.05) is 18.2 Å². The van der Waals surface area contributed by atoms with E-state index in [2.05, 4.69) is 29.0 Å². The molecule has 1 aliphatic heterocycles. The standard InChI is InChI=1S/C18H20ClN3O2/c1-11-6-7-12(2)22(11)17-5-3-4-16(21-17)20-15-10-13(19)8-9-14(15)18(23)24/h3-5,8-12H,6-7H2,1-2H3,(H,20,21)(H,23,24). The molecule has 1 aromatic carbocycles. The highest BCUT2D eigenvalue weighted by atomic mass is 35.5. The van der Waals surface area contributed by atoms with E-state index in [1.165, 1.54) is 6.07 Å². The molecular weight excluding hydrogens is 326 g/mol.